The molecule has 1 atom stereocenters. The number of ether oxygens (including phenoxy) is 1. The summed E-state index contributed by atoms with van der Waals surface area (Å²) in [7, 11) is 0. The van der Waals surface area contributed by atoms with Gasteiger partial charge in [-0.15, -0.1) is 0 Å². The fourth-order valence-electron chi connectivity index (χ4n) is 2.97. The molecule has 0 aliphatic rings. The zero-order chi connectivity index (χ0) is 19.9. The van der Waals surface area contributed by atoms with Crippen LogP contribution >= 0.6 is 11.6 Å². The number of halogens is 1. The fraction of sp³-hybridized carbons (Fsp3) is 0.238. The monoisotopic (exact) mass is 400 g/mol. The number of para-hydroxylation sites is 1. The summed E-state index contributed by atoms with van der Waals surface area (Å²) in [5, 5.41) is 23.9. The minimum absolute atomic E-state index is 0.0975. The van der Waals surface area contributed by atoms with Crippen molar-refractivity contribution in [3.8, 4) is 16.9 Å². The average molecular weight is 401 g/mol. The smallest absolute Gasteiger partial charge is 0.311 e. The highest BCUT2D eigenvalue weighted by Gasteiger charge is 2.26. The highest BCUT2D eigenvalue weighted by molar-refractivity contribution is 6.30. The van der Waals surface area contributed by atoms with Crippen molar-refractivity contribution in [2.24, 2.45) is 0 Å². The molecule has 0 bridgehead atoms. The summed E-state index contributed by atoms with van der Waals surface area (Å²) in [5.74, 6) is -1.74. The Morgan fingerprint density at radius 3 is 2.46 bits per heavy atom. The molecule has 1 heterocycles. The van der Waals surface area contributed by atoms with Gasteiger partial charge in [0.1, 0.15) is 0 Å². The minimum Gasteiger partial charge on any atom is -0.481 e. The van der Waals surface area contributed by atoms with Gasteiger partial charge in [-0.3, -0.25) is 4.79 Å². The van der Waals surface area contributed by atoms with Gasteiger partial charge in [0.15, 0.2) is 0 Å². The lowest BCUT2D eigenvalue weighted by Gasteiger charge is -2.13. The first-order valence-electron chi connectivity index (χ1n) is 8.92. The van der Waals surface area contributed by atoms with Gasteiger partial charge in [0.05, 0.1) is 30.5 Å². The van der Waals surface area contributed by atoms with Crippen LogP contribution in [0.1, 0.15) is 17.9 Å². The Bertz CT molecular complexity index is 910. The van der Waals surface area contributed by atoms with Gasteiger partial charge in [0.2, 0.25) is 0 Å². The second-order valence-corrected chi connectivity index (χ2v) is 6.67. The molecule has 28 heavy (non-hydrogen) atoms. The number of carboxylic acids is 1. The summed E-state index contributed by atoms with van der Waals surface area (Å²) in [5.41, 5.74) is 2.82. The van der Waals surface area contributed by atoms with E-state index >= 15 is 0 Å². The van der Waals surface area contributed by atoms with E-state index in [1.54, 1.807) is 23.0 Å². The van der Waals surface area contributed by atoms with Crippen molar-refractivity contribution >= 4 is 17.6 Å². The summed E-state index contributed by atoms with van der Waals surface area (Å²) in [4.78, 5) is 12.0. The number of aromatic nitrogens is 2. The van der Waals surface area contributed by atoms with Crippen molar-refractivity contribution in [2.75, 3.05) is 19.8 Å². The molecule has 0 fully saturated rings. The van der Waals surface area contributed by atoms with Crippen molar-refractivity contribution in [1.29, 1.82) is 0 Å². The number of aliphatic hydroxyl groups excluding tert-OH is 1. The number of hydrogen-bond acceptors (Lipinski definition) is 4. The summed E-state index contributed by atoms with van der Waals surface area (Å²) < 4.78 is 6.96. The fourth-order valence-corrected chi connectivity index (χ4v) is 3.09. The van der Waals surface area contributed by atoms with Gasteiger partial charge in [-0.25, -0.2) is 4.68 Å². The van der Waals surface area contributed by atoms with Gasteiger partial charge in [-0.2, -0.15) is 5.10 Å². The maximum absolute atomic E-state index is 12.0. The molecule has 0 saturated heterocycles. The molecule has 0 amide bonds. The van der Waals surface area contributed by atoms with Gasteiger partial charge in [-0.05, 0) is 30.7 Å². The molecule has 7 heteroatoms. The molecule has 0 aliphatic heterocycles. The third-order valence-electron chi connectivity index (χ3n) is 4.34. The van der Waals surface area contributed by atoms with Crippen molar-refractivity contribution in [1.82, 2.24) is 9.78 Å². The average Bonchev–Trinajstić information content (AvgIpc) is 3.14. The molecule has 2 aromatic carbocycles. The Morgan fingerprint density at radius 2 is 1.82 bits per heavy atom. The number of aliphatic hydroxyl groups is 1. The van der Waals surface area contributed by atoms with E-state index in [2.05, 4.69) is 5.10 Å². The van der Waals surface area contributed by atoms with Crippen molar-refractivity contribution in [3.63, 3.8) is 0 Å². The third kappa shape index (κ3) is 4.78. The van der Waals surface area contributed by atoms with Gasteiger partial charge < -0.3 is 14.9 Å². The lowest BCUT2D eigenvalue weighted by atomic mass is 9.94. The molecular formula is C21H21ClN2O4. The Kier molecular flexibility index (Phi) is 6.81. The zero-order valence-electron chi connectivity index (χ0n) is 15.2. The standard InChI is InChI=1S/C21H21ClN2O4/c22-16-8-6-15(7-9-16)20-19(18(21(26)27)10-12-28-13-11-25)14-24(23-20)17-4-2-1-3-5-17/h1-9,14,18,25H,10-13H2,(H,26,27). The maximum Gasteiger partial charge on any atom is 0.311 e. The largest absolute Gasteiger partial charge is 0.481 e. The van der Waals surface area contributed by atoms with Crippen molar-refractivity contribution in [3.05, 3.63) is 71.4 Å². The normalized spacial score (nSPS) is 12.1. The van der Waals surface area contributed by atoms with Crippen LogP contribution in [-0.4, -0.2) is 45.8 Å². The number of benzene rings is 2. The van der Waals surface area contributed by atoms with Crippen LogP contribution in [0.4, 0.5) is 0 Å². The van der Waals surface area contributed by atoms with Crippen LogP contribution in [-0.2, 0) is 9.53 Å². The lowest BCUT2D eigenvalue weighted by molar-refractivity contribution is -0.139. The number of hydrogen-bond donors (Lipinski definition) is 2. The van der Waals surface area contributed by atoms with Crippen LogP contribution in [0.2, 0.25) is 5.02 Å². The lowest BCUT2D eigenvalue weighted by Crippen LogP contribution is -2.15. The quantitative estimate of drug-likeness (QED) is 0.534. The van der Waals surface area contributed by atoms with Crippen molar-refractivity contribution < 1.29 is 19.7 Å². The summed E-state index contributed by atoms with van der Waals surface area (Å²) in [6.45, 7) is 0.313. The number of aliphatic carboxylic acids is 1. The molecule has 0 aliphatic carbocycles. The van der Waals surface area contributed by atoms with Crippen LogP contribution in [0.3, 0.4) is 0 Å². The number of nitrogens with zero attached hydrogens (tertiary/aromatic N) is 2. The van der Waals surface area contributed by atoms with Crippen LogP contribution in [0.25, 0.3) is 16.9 Å². The number of rotatable bonds is 9. The van der Waals surface area contributed by atoms with Crippen LogP contribution < -0.4 is 0 Å². The Morgan fingerprint density at radius 1 is 1.11 bits per heavy atom. The molecule has 2 N–H and O–H groups in total. The molecule has 1 aromatic heterocycles. The molecule has 0 radical (unpaired) electrons. The van der Waals surface area contributed by atoms with Crippen LogP contribution in [0.5, 0.6) is 0 Å². The van der Waals surface area contributed by atoms with Crippen LogP contribution in [0.15, 0.2) is 60.8 Å². The summed E-state index contributed by atoms with van der Waals surface area (Å²) >= 11 is 5.99. The SMILES string of the molecule is O=C(O)C(CCOCCO)c1cn(-c2ccccc2)nc1-c1ccc(Cl)cc1. The topological polar surface area (TPSA) is 84.6 Å². The molecule has 0 saturated carbocycles. The Balaban J connectivity index is 2.02. The van der Waals surface area contributed by atoms with E-state index in [1.807, 2.05) is 42.5 Å². The van der Waals surface area contributed by atoms with E-state index in [4.69, 9.17) is 21.4 Å². The highest BCUT2D eigenvalue weighted by atomic mass is 35.5. The first kappa shape index (κ1) is 20.1. The molecule has 1 unspecified atom stereocenters. The van der Waals surface area contributed by atoms with E-state index in [0.717, 1.165) is 11.3 Å². The maximum atomic E-state index is 12.0. The predicted molar refractivity (Wildman–Crippen MR) is 107 cm³/mol. The van der Waals surface area contributed by atoms with Crippen molar-refractivity contribution in [2.45, 2.75) is 12.3 Å². The first-order chi connectivity index (χ1) is 13.6. The molecule has 0 spiro atoms. The predicted octanol–water partition coefficient (Wildman–Crippen LogP) is 3.76. The van der Waals surface area contributed by atoms with Gasteiger partial charge in [-0.1, -0.05) is 41.9 Å². The number of carboxylic acid groups (broad SMARTS) is 1. The van der Waals surface area contributed by atoms with E-state index < -0.39 is 11.9 Å². The molecule has 6 nitrogen and oxygen atoms in total. The minimum atomic E-state index is -0.949. The van der Waals surface area contributed by atoms with E-state index in [0.29, 0.717) is 16.3 Å². The Labute approximate surface area is 168 Å². The summed E-state index contributed by atoms with van der Waals surface area (Å²) in [6.07, 6.45) is 2.03. The Hall–Kier alpha value is -2.67. The van der Waals surface area contributed by atoms with E-state index in [1.165, 1.54) is 0 Å². The van der Waals surface area contributed by atoms with E-state index in [9.17, 15) is 9.90 Å². The third-order valence-corrected chi connectivity index (χ3v) is 4.59. The second-order valence-electron chi connectivity index (χ2n) is 6.24. The van der Waals surface area contributed by atoms with Gasteiger partial charge >= 0.3 is 5.97 Å². The second kappa shape index (κ2) is 9.50. The van der Waals surface area contributed by atoms with Gasteiger partial charge in [0.25, 0.3) is 0 Å². The van der Waals surface area contributed by atoms with Gasteiger partial charge in [0, 0.05) is 29.0 Å². The first-order valence-corrected chi connectivity index (χ1v) is 9.30. The van der Waals surface area contributed by atoms with Crippen LogP contribution in [0, 0.1) is 0 Å². The highest BCUT2D eigenvalue weighted by Crippen LogP contribution is 2.32. The molecule has 146 valence electrons. The number of carbonyl (C=O) groups is 1. The molecular weight excluding hydrogens is 380 g/mol. The summed E-state index contributed by atoms with van der Waals surface area (Å²) in [6, 6.07) is 16.7. The molecule has 3 aromatic rings. The van der Waals surface area contributed by atoms with E-state index in [-0.39, 0.29) is 26.2 Å². The molecule has 3 rings (SSSR count). The zero-order valence-corrected chi connectivity index (χ0v) is 15.9.